The fraction of sp³-hybridized carbons (Fsp3) is 0.417. The van der Waals surface area contributed by atoms with Crippen LogP contribution >= 0.6 is 0 Å². The highest BCUT2D eigenvalue weighted by Crippen LogP contribution is 2.35. The van der Waals surface area contributed by atoms with E-state index in [9.17, 15) is 9.59 Å². The fourth-order valence-electron chi connectivity index (χ4n) is 4.35. The molecule has 0 spiro atoms. The Morgan fingerprint density at radius 2 is 1.88 bits per heavy atom. The first-order chi connectivity index (χ1) is 15.7. The maximum absolute atomic E-state index is 12.9. The van der Waals surface area contributed by atoms with E-state index in [1.807, 2.05) is 23.0 Å². The molecule has 1 aliphatic heterocycles. The van der Waals surface area contributed by atoms with Gasteiger partial charge in [-0.15, -0.1) is 0 Å². The number of ether oxygens (including phenoxy) is 2. The van der Waals surface area contributed by atoms with Crippen molar-refractivity contribution in [2.75, 3.05) is 18.5 Å². The Hall–Kier alpha value is -3.42. The smallest absolute Gasteiger partial charge is 0.274 e. The zero-order valence-electron chi connectivity index (χ0n) is 17.8. The van der Waals surface area contributed by atoms with Crippen LogP contribution in [0, 0.1) is 5.92 Å². The highest BCUT2D eigenvalue weighted by atomic mass is 16.5. The molecule has 2 aliphatic rings. The number of nitrogens with zero attached hydrogens (tertiary/aromatic N) is 3. The summed E-state index contributed by atoms with van der Waals surface area (Å²) in [7, 11) is 0. The van der Waals surface area contributed by atoms with Crippen LogP contribution in [0.1, 0.15) is 55.1 Å². The van der Waals surface area contributed by atoms with E-state index in [4.69, 9.17) is 14.6 Å². The quantitative estimate of drug-likeness (QED) is 0.609. The Balaban J connectivity index is 1.45. The van der Waals surface area contributed by atoms with Gasteiger partial charge in [0, 0.05) is 29.6 Å². The second kappa shape index (κ2) is 8.98. The van der Waals surface area contributed by atoms with Crippen LogP contribution < -0.4 is 14.8 Å². The predicted molar refractivity (Wildman–Crippen MR) is 119 cm³/mol. The van der Waals surface area contributed by atoms with E-state index in [0.717, 1.165) is 55.7 Å². The van der Waals surface area contributed by atoms with Gasteiger partial charge in [0.15, 0.2) is 0 Å². The summed E-state index contributed by atoms with van der Waals surface area (Å²) in [6.45, 7) is 1.03. The van der Waals surface area contributed by atoms with Gasteiger partial charge in [0.05, 0.1) is 30.5 Å². The maximum atomic E-state index is 12.9. The number of amides is 1. The summed E-state index contributed by atoms with van der Waals surface area (Å²) < 4.78 is 13.7. The second-order valence-corrected chi connectivity index (χ2v) is 8.44. The third kappa shape index (κ3) is 4.30. The minimum Gasteiger partial charge on any atom is -0.491 e. The standard InChI is InChI=1S/C24H26N4O4/c29-15-16-6-8-18(9-7-16)28-14-17-12-21-22(13-20(17)27-28)31-10-1-2-11-32-23-5-3-4-19(25-23)24(30)26-21/h3-5,12-16,18H,1-2,6-11H2,(H,26,30). The molecular formula is C24H26N4O4. The van der Waals surface area contributed by atoms with Gasteiger partial charge in [0.25, 0.3) is 5.91 Å². The van der Waals surface area contributed by atoms with Gasteiger partial charge in [-0.2, -0.15) is 5.10 Å². The molecule has 8 heteroatoms. The Labute approximate surface area is 185 Å². The van der Waals surface area contributed by atoms with Crippen molar-refractivity contribution in [3.8, 4) is 11.6 Å². The monoisotopic (exact) mass is 434 g/mol. The maximum Gasteiger partial charge on any atom is 0.274 e. The molecule has 2 bridgehead atoms. The number of fused-ring (bicyclic) bond motifs is 4. The van der Waals surface area contributed by atoms with Crippen LogP contribution in [-0.2, 0) is 4.79 Å². The number of anilines is 1. The van der Waals surface area contributed by atoms with Crippen molar-refractivity contribution in [3.63, 3.8) is 0 Å². The van der Waals surface area contributed by atoms with Crippen molar-refractivity contribution < 1.29 is 19.1 Å². The topological polar surface area (TPSA) is 95.3 Å². The highest BCUT2D eigenvalue weighted by Gasteiger charge is 2.23. The number of nitrogens with one attached hydrogen (secondary N) is 1. The average Bonchev–Trinajstić information content (AvgIpc) is 3.24. The number of hydrogen-bond acceptors (Lipinski definition) is 6. The van der Waals surface area contributed by atoms with Gasteiger partial charge in [-0.3, -0.25) is 9.48 Å². The van der Waals surface area contributed by atoms with Crippen molar-refractivity contribution in [2.24, 2.45) is 5.92 Å². The molecule has 0 unspecified atom stereocenters. The van der Waals surface area contributed by atoms with E-state index in [1.54, 1.807) is 18.2 Å². The van der Waals surface area contributed by atoms with Crippen LogP contribution in [-0.4, -0.2) is 40.2 Å². The number of aldehydes is 1. The van der Waals surface area contributed by atoms with Gasteiger partial charge in [0.1, 0.15) is 17.7 Å². The molecule has 1 aliphatic carbocycles. The molecule has 8 nitrogen and oxygen atoms in total. The largest absolute Gasteiger partial charge is 0.491 e. The van der Waals surface area contributed by atoms with E-state index in [1.165, 1.54) is 0 Å². The predicted octanol–water partition coefficient (Wildman–Crippen LogP) is 4.17. The zero-order chi connectivity index (χ0) is 21.9. The number of hydrogen-bond donors (Lipinski definition) is 1. The van der Waals surface area contributed by atoms with Crippen LogP contribution in [0.5, 0.6) is 11.6 Å². The average molecular weight is 434 g/mol. The number of carbonyl (C=O) groups is 2. The zero-order valence-corrected chi connectivity index (χ0v) is 17.8. The SMILES string of the molecule is O=CC1CCC(n2cc3cc4c(cc3n2)OCCCCOc2cccc(n2)C(=O)N4)CC1. The summed E-state index contributed by atoms with van der Waals surface area (Å²) in [5.41, 5.74) is 1.71. The lowest BCUT2D eigenvalue weighted by atomic mass is 9.87. The molecule has 0 saturated heterocycles. The Kier molecular flexibility index (Phi) is 5.75. The summed E-state index contributed by atoms with van der Waals surface area (Å²) in [6.07, 6.45) is 8.41. The molecule has 1 aromatic carbocycles. The summed E-state index contributed by atoms with van der Waals surface area (Å²) in [5, 5.41) is 8.66. The molecule has 166 valence electrons. The van der Waals surface area contributed by atoms with Crippen molar-refractivity contribution in [1.82, 2.24) is 14.8 Å². The number of pyridine rings is 1. The molecule has 2 aromatic heterocycles. The molecule has 1 saturated carbocycles. The minimum absolute atomic E-state index is 0.169. The molecule has 5 rings (SSSR count). The first-order valence-corrected chi connectivity index (χ1v) is 11.2. The van der Waals surface area contributed by atoms with Crippen molar-refractivity contribution in [2.45, 2.75) is 44.6 Å². The molecule has 0 atom stereocenters. The first kappa shape index (κ1) is 20.5. The van der Waals surface area contributed by atoms with E-state index < -0.39 is 0 Å². The van der Waals surface area contributed by atoms with Gasteiger partial charge >= 0.3 is 0 Å². The highest BCUT2D eigenvalue weighted by molar-refractivity contribution is 6.05. The van der Waals surface area contributed by atoms with Crippen LogP contribution in [0.15, 0.2) is 36.5 Å². The van der Waals surface area contributed by atoms with Crippen LogP contribution in [0.25, 0.3) is 10.9 Å². The summed E-state index contributed by atoms with van der Waals surface area (Å²) in [6, 6.07) is 9.25. The molecule has 1 fully saturated rings. The lowest BCUT2D eigenvalue weighted by molar-refractivity contribution is -0.112. The van der Waals surface area contributed by atoms with E-state index in [2.05, 4.69) is 10.3 Å². The Morgan fingerprint density at radius 3 is 2.69 bits per heavy atom. The van der Waals surface area contributed by atoms with Gasteiger partial charge in [-0.05, 0) is 50.7 Å². The molecule has 1 amide bonds. The summed E-state index contributed by atoms with van der Waals surface area (Å²) >= 11 is 0. The van der Waals surface area contributed by atoms with Crippen LogP contribution in [0.4, 0.5) is 5.69 Å². The third-order valence-electron chi connectivity index (χ3n) is 6.18. The third-order valence-corrected chi connectivity index (χ3v) is 6.18. The second-order valence-electron chi connectivity index (χ2n) is 8.44. The number of benzene rings is 1. The van der Waals surface area contributed by atoms with E-state index in [0.29, 0.717) is 30.5 Å². The van der Waals surface area contributed by atoms with Crippen molar-refractivity contribution >= 4 is 28.8 Å². The first-order valence-electron chi connectivity index (χ1n) is 11.2. The normalized spacial score (nSPS) is 21.7. The van der Waals surface area contributed by atoms with Crippen LogP contribution in [0.2, 0.25) is 0 Å². The molecule has 3 heterocycles. The number of carbonyl (C=O) groups excluding carboxylic acids is 2. The minimum atomic E-state index is -0.321. The Bertz CT molecular complexity index is 1130. The molecule has 0 radical (unpaired) electrons. The lowest BCUT2D eigenvalue weighted by Crippen LogP contribution is -2.19. The van der Waals surface area contributed by atoms with E-state index >= 15 is 0 Å². The molecular weight excluding hydrogens is 408 g/mol. The molecule has 1 N–H and O–H groups in total. The van der Waals surface area contributed by atoms with Gasteiger partial charge < -0.3 is 19.6 Å². The molecule has 3 aromatic rings. The van der Waals surface area contributed by atoms with E-state index in [-0.39, 0.29) is 23.6 Å². The molecule has 32 heavy (non-hydrogen) atoms. The summed E-state index contributed by atoms with van der Waals surface area (Å²) in [5.74, 6) is 0.886. The van der Waals surface area contributed by atoms with Gasteiger partial charge in [0.2, 0.25) is 5.88 Å². The number of rotatable bonds is 2. The van der Waals surface area contributed by atoms with Crippen molar-refractivity contribution in [1.29, 1.82) is 0 Å². The van der Waals surface area contributed by atoms with Gasteiger partial charge in [-0.25, -0.2) is 4.98 Å². The van der Waals surface area contributed by atoms with Crippen molar-refractivity contribution in [3.05, 3.63) is 42.2 Å². The number of aromatic nitrogens is 3. The van der Waals surface area contributed by atoms with Crippen LogP contribution in [0.3, 0.4) is 0 Å². The van der Waals surface area contributed by atoms with Gasteiger partial charge in [-0.1, -0.05) is 6.07 Å². The summed E-state index contributed by atoms with van der Waals surface area (Å²) in [4.78, 5) is 28.2. The Morgan fingerprint density at radius 1 is 1.06 bits per heavy atom. The fourth-order valence-corrected chi connectivity index (χ4v) is 4.35. The lowest BCUT2D eigenvalue weighted by Gasteiger charge is -2.25.